The molecule has 0 aliphatic heterocycles. The van der Waals surface area contributed by atoms with Gasteiger partial charge in [0.15, 0.2) is 0 Å². The second-order valence-electron chi connectivity index (χ2n) is 4.72. The quantitative estimate of drug-likeness (QED) is 0.743. The second-order valence-corrected chi connectivity index (χ2v) is 4.72. The van der Waals surface area contributed by atoms with E-state index < -0.39 is 5.97 Å². The van der Waals surface area contributed by atoms with Gasteiger partial charge in [-0.05, 0) is 31.0 Å². The van der Waals surface area contributed by atoms with Crippen LogP contribution in [0.2, 0.25) is 0 Å². The minimum atomic E-state index is -0.844. The Morgan fingerprint density at radius 3 is 2.35 bits per heavy atom. The van der Waals surface area contributed by atoms with Crippen LogP contribution in [0, 0.1) is 0 Å². The van der Waals surface area contributed by atoms with E-state index in [0.717, 1.165) is 17.7 Å². The maximum absolute atomic E-state index is 11.2. The molecule has 0 fully saturated rings. The van der Waals surface area contributed by atoms with Crippen LogP contribution in [0.15, 0.2) is 24.3 Å². The molecule has 0 atom stereocenters. The molecule has 0 saturated heterocycles. The lowest BCUT2D eigenvalue weighted by molar-refractivity contribution is -0.137. The summed E-state index contributed by atoms with van der Waals surface area (Å²) >= 11 is 0. The van der Waals surface area contributed by atoms with Crippen LogP contribution in [-0.4, -0.2) is 48.5 Å². The molecule has 0 spiro atoms. The van der Waals surface area contributed by atoms with Crippen LogP contribution < -0.4 is 4.74 Å². The van der Waals surface area contributed by atoms with Crippen molar-refractivity contribution in [2.75, 3.05) is 26.7 Å². The van der Waals surface area contributed by atoms with Crippen molar-refractivity contribution in [1.82, 2.24) is 4.90 Å². The molecule has 1 rings (SSSR count). The summed E-state index contributed by atoms with van der Waals surface area (Å²) < 4.78 is 5.09. The van der Waals surface area contributed by atoms with E-state index in [4.69, 9.17) is 9.84 Å². The van der Waals surface area contributed by atoms with E-state index in [0.29, 0.717) is 19.6 Å². The minimum absolute atomic E-state index is 0.0464. The third kappa shape index (κ3) is 6.33. The minimum Gasteiger partial charge on any atom is -0.497 e. The summed E-state index contributed by atoms with van der Waals surface area (Å²) in [5, 5.41) is 8.71. The van der Waals surface area contributed by atoms with Gasteiger partial charge in [0.1, 0.15) is 11.5 Å². The number of aliphatic carboxylic acids is 1. The number of hydrogen-bond acceptors (Lipinski definition) is 4. The van der Waals surface area contributed by atoms with Crippen molar-refractivity contribution in [1.29, 1.82) is 0 Å². The average Bonchev–Trinajstić information content (AvgIpc) is 2.42. The van der Waals surface area contributed by atoms with Crippen LogP contribution in [0.5, 0.6) is 5.75 Å². The molecule has 0 saturated carbocycles. The fourth-order valence-electron chi connectivity index (χ4n) is 1.92. The lowest BCUT2D eigenvalue weighted by Crippen LogP contribution is -2.32. The van der Waals surface area contributed by atoms with Gasteiger partial charge in [0.25, 0.3) is 0 Å². The Kier molecular flexibility index (Phi) is 6.73. The third-order valence-corrected chi connectivity index (χ3v) is 2.96. The number of Topliss-reactive ketones (excluding diaryl/α,β-unsaturated/α-hetero) is 1. The molecule has 5 nitrogen and oxygen atoms in total. The molecule has 110 valence electrons. The maximum Gasteiger partial charge on any atom is 0.304 e. The molecule has 0 amide bonds. The Morgan fingerprint density at radius 1 is 1.20 bits per heavy atom. The van der Waals surface area contributed by atoms with Crippen molar-refractivity contribution >= 4 is 11.8 Å². The average molecular weight is 279 g/mol. The van der Waals surface area contributed by atoms with Crippen LogP contribution in [0.3, 0.4) is 0 Å². The molecular formula is C15H21NO4. The number of benzene rings is 1. The summed E-state index contributed by atoms with van der Waals surface area (Å²) in [6, 6.07) is 7.73. The van der Waals surface area contributed by atoms with Gasteiger partial charge in [-0.25, -0.2) is 0 Å². The third-order valence-electron chi connectivity index (χ3n) is 2.96. The molecule has 0 radical (unpaired) electrons. The van der Waals surface area contributed by atoms with Crippen LogP contribution in [-0.2, 0) is 16.0 Å². The molecule has 0 aromatic heterocycles. The number of ether oxygens (including phenoxy) is 1. The molecule has 1 aromatic carbocycles. The fraction of sp³-hybridized carbons (Fsp3) is 0.467. The lowest BCUT2D eigenvalue weighted by Gasteiger charge is -2.20. The number of hydrogen-bond donors (Lipinski definition) is 1. The van der Waals surface area contributed by atoms with E-state index in [9.17, 15) is 9.59 Å². The summed E-state index contributed by atoms with van der Waals surface area (Å²) in [5.41, 5.74) is 1.13. The van der Waals surface area contributed by atoms with Gasteiger partial charge in [0.05, 0.1) is 20.1 Å². The molecular weight excluding hydrogens is 258 g/mol. The number of nitrogens with zero attached hydrogens (tertiary/aromatic N) is 1. The van der Waals surface area contributed by atoms with Gasteiger partial charge in [0.2, 0.25) is 0 Å². The first-order valence-corrected chi connectivity index (χ1v) is 6.57. The van der Waals surface area contributed by atoms with Gasteiger partial charge in [-0.1, -0.05) is 12.1 Å². The summed E-state index contributed by atoms with van der Waals surface area (Å²) in [6.07, 6.45) is 0.826. The number of ketones is 1. The first-order chi connectivity index (χ1) is 9.51. The summed E-state index contributed by atoms with van der Waals surface area (Å²) in [6.45, 7) is 2.87. The van der Waals surface area contributed by atoms with E-state index in [1.165, 1.54) is 6.92 Å². The van der Waals surface area contributed by atoms with E-state index in [-0.39, 0.29) is 12.2 Å². The molecule has 1 N–H and O–H groups in total. The second kappa shape index (κ2) is 8.32. The van der Waals surface area contributed by atoms with Crippen molar-refractivity contribution in [3.05, 3.63) is 29.8 Å². The molecule has 0 aliphatic rings. The van der Waals surface area contributed by atoms with Crippen LogP contribution in [0.1, 0.15) is 18.9 Å². The van der Waals surface area contributed by atoms with Crippen molar-refractivity contribution in [2.24, 2.45) is 0 Å². The number of carboxylic acids is 1. The number of carbonyl (C=O) groups is 2. The van der Waals surface area contributed by atoms with Crippen LogP contribution in [0.4, 0.5) is 0 Å². The normalized spacial score (nSPS) is 10.6. The SMILES string of the molecule is COc1ccc(CCN(CCC(=O)O)CC(C)=O)cc1. The maximum atomic E-state index is 11.2. The van der Waals surface area contributed by atoms with Gasteiger partial charge in [0, 0.05) is 13.1 Å². The highest BCUT2D eigenvalue weighted by Gasteiger charge is 2.10. The van der Waals surface area contributed by atoms with Crippen molar-refractivity contribution in [3.8, 4) is 5.75 Å². The zero-order valence-corrected chi connectivity index (χ0v) is 12.0. The number of rotatable bonds is 9. The number of methoxy groups -OCH3 is 1. The van der Waals surface area contributed by atoms with Gasteiger partial charge < -0.3 is 9.84 Å². The van der Waals surface area contributed by atoms with Gasteiger partial charge in [-0.2, -0.15) is 0 Å². The zero-order valence-electron chi connectivity index (χ0n) is 12.0. The van der Waals surface area contributed by atoms with Gasteiger partial charge >= 0.3 is 5.97 Å². The Labute approximate surface area is 119 Å². The van der Waals surface area contributed by atoms with E-state index in [2.05, 4.69) is 0 Å². The predicted octanol–water partition coefficient (Wildman–Crippen LogP) is 1.60. The van der Waals surface area contributed by atoms with E-state index in [1.54, 1.807) is 7.11 Å². The molecule has 0 bridgehead atoms. The summed E-state index contributed by atoms with van der Waals surface area (Å²) in [4.78, 5) is 23.7. The predicted molar refractivity (Wildman–Crippen MR) is 76.1 cm³/mol. The largest absolute Gasteiger partial charge is 0.497 e. The topological polar surface area (TPSA) is 66.8 Å². The molecule has 0 aliphatic carbocycles. The molecule has 1 aromatic rings. The van der Waals surface area contributed by atoms with Crippen molar-refractivity contribution in [2.45, 2.75) is 19.8 Å². The highest BCUT2D eigenvalue weighted by atomic mass is 16.5. The zero-order chi connectivity index (χ0) is 15.0. The van der Waals surface area contributed by atoms with Gasteiger partial charge in [-0.3, -0.25) is 14.5 Å². The first kappa shape index (κ1) is 16.2. The Balaban J connectivity index is 2.50. The number of carboxylic acid groups (broad SMARTS) is 1. The smallest absolute Gasteiger partial charge is 0.304 e. The van der Waals surface area contributed by atoms with Crippen molar-refractivity contribution < 1.29 is 19.4 Å². The van der Waals surface area contributed by atoms with E-state index >= 15 is 0 Å². The standard InChI is InChI=1S/C15H21NO4/c1-12(17)11-16(10-8-15(18)19)9-7-13-3-5-14(20-2)6-4-13/h3-6H,7-11H2,1-2H3,(H,18,19). The highest BCUT2D eigenvalue weighted by molar-refractivity contribution is 5.77. The van der Waals surface area contributed by atoms with Crippen LogP contribution >= 0.6 is 0 Å². The van der Waals surface area contributed by atoms with Crippen LogP contribution in [0.25, 0.3) is 0 Å². The fourth-order valence-corrected chi connectivity index (χ4v) is 1.92. The lowest BCUT2D eigenvalue weighted by atomic mass is 10.1. The molecule has 5 heteroatoms. The molecule has 0 unspecified atom stereocenters. The first-order valence-electron chi connectivity index (χ1n) is 6.57. The molecule has 0 heterocycles. The van der Waals surface area contributed by atoms with E-state index in [1.807, 2.05) is 29.2 Å². The Morgan fingerprint density at radius 2 is 1.85 bits per heavy atom. The summed E-state index contributed by atoms with van der Waals surface area (Å²) in [5.74, 6) is 0.00772. The highest BCUT2D eigenvalue weighted by Crippen LogP contribution is 2.12. The Bertz CT molecular complexity index is 442. The Hall–Kier alpha value is -1.88. The summed E-state index contributed by atoms with van der Waals surface area (Å²) in [7, 11) is 1.62. The van der Waals surface area contributed by atoms with Gasteiger partial charge in [-0.15, -0.1) is 0 Å². The monoisotopic (exact) mass is 279 g/mol. The van der Waals surface area contributed by atoms with Crippen molar-refractivity contribution in [3.63, 3.8) is 0 Å². The number of carbonyl (C=O) groups excluding carboxylic acids is 1. The molecule has 20 heavy (non-hydrogen) atoms.